The average molecular weight is 530 g/mol. The molecule has 0 amide bonds. The Bertz CT molecular complexity index is 1270. The van der Waals surface area contributed by atoms with E-state index < -0.39 is 0 Å². The molecule has 4 rings (SSSR count). The van der Waals surface area contributed by atoms with Crippen LogP contribution in [0.5, 0.6) is 17.2 Å². The summed E-state index contributed by atoms with van der Waals surface area (Å²) in [5, 5.41) is 14.3. The lowest BCUT2D eigenvalue weighted by atomic mass is 10.1. The molecule has 10 heteroatoms. The number of nitriles is 1. The maximum atomic E-state index is 9.75. The second-order valence-electron chi connectivity index (χ2n) is 8.62. The molecule has 1 aliphatic rings. The predicted molar refractivity (Wildman–Crippen MR) is 143 cm³/mol. The fraction of sp³-hybridized carbons (Fsp3) is 0.385. The molecule has 0 saturated carbocycles. The first-order chi connectivity index (χ1) is 17.4. The molecule has 2 heterocycles. The van der Waals surface area contributed by atoms with Crippen LogP contribution in [0.25, 0.3) is 10.9 Å². The molecule has 0 unspecified atom stereocenters. The van der Waals surface area contributed by atoms with E-state index >= 15 is 0 Å². The van der Waals surface area contributed by atoms with Gasteiger partial charge in [0.15, 0.2) is 11.5 Å². The third-order valence-corrected chi connectivity index (χ3v) is 7.05. The van der Waals surface area contributed by atoms with Crippen molar-refractivity contribution in [3.63, 3.8) is 0 Å². The minimum atomic E-state index is 0.318. The monoisotopic (exact) mass is 529 g/mol. The summed E-state index contributed by atoms with van der Waals surface area (Å²) < 4.78 is 17.0. The highest BCUT2D eigenvalue weighted by Gasteiger charge is 2.17. The number of methoxy groups -OCH3 is 2. The number of hydrogen-bond acceptors (Lipinski definition) is 8. The van der Waals surface area contributed by atoms with Crippen LogP contribution in [0.15, 0.2) is 30.5 Å². The van der Waals surface area contributed by atoms with E-state index in [9.17, 15) is 5.26 Å². The minimum Gasteiger partial charge on any atom is -0.497 e. The van der Waals surface area contributed by atoms with Gasteiger partial charge < -0.3 is 29.3 Å². The summed E-state index contributed by atoms with van der Waals surface area (Å²) in [6.07, 6.45) is 2.43. The normalized spacial score (nSPS) is 14.4. The Balaban J connectivity index is 1.58. The van der Waals surface area contributed by atoms with E-state index in [1.165, 1.54) is 6.20 Å². The van der Waals surface area contributed by atoms with Crippen molar-refractivity contribution in [1.82, 2.24) is 14.8 Å². The van der Waals surface area contributed by atoms with Crippen LogP contribution in [-0.2, 0) is 0 Å². The molecule has 8 nitrogen and oxygen atoms in total. The molecule has 0 bridgehead atoms. The quantitative estimate of drug-likeness (QED) is 0.379. The molecular weight excluding hydrogens is 501 g/mol. The summed E-state index contributed by atoms with van der Waals surface area (Å²) in [6.45, 7) is 5.91. The van der Waals surface area contributed by atoms with Crippen molar-refractivity contribution in [1.29, 1.82) is 5.26 Å². The summed E-state index contributed by atoms with van der Waals surface area (Å²) in [5.74, 6) is 1.69. The number of nitrogens with one attached hydrogen (secondary N) is 1. The van der Waals surface area contributed by atoms with Crippen LogP contribution >= 0.6 is 23.2 Å². The molecule has 190 valence electrons. The van der Waals surface area contributed by atoms with Crippen molar-refractivity contribution in [2.75, 3.05) is 65.9 Å². The maximum absolute atomic E-state index is 9.75. The van der Waals surface area contributed by atoms with Crippen molar-refractivity contribution in [3.8, 4) is 23.3 Å². The van der Waals surface area contributed by atoms with Gasteiger partial charge in [0.25, 0.3) is 0 Å². The standard InChI is InChI=1S/C26H29Cl2N5O3/c1-32-6-8-33(9-7-32)5-4-10-36-24-14-21-19(13-23(24)35-3)26(17(15-29)16-30-21)31-22-12-18(34-2)11-20(27)25(22)28/h11-14,16H,4-10H2,1-3H3,(H,30,31). The summed E-state index contributed by atoms with van der Waals surface area (Å²) in [4.78, 5) is 9.28. The lowest BCUT2D eigenvalue weighted by molar-refractivity contribution is 0.145. The van der Waals surface area contributed by atoms with E-state index in [4.69, 9.17) is 37.4 Å². The van der Waals surface area contributed by atoms with Crippen LogP contribution in [0.1, 0.15) is 12.0 Å². The molecule has 1 aromatic heterocycles. The largest absolute Gasteiger partial charge is 0.497 e. The van der Waals surface area contributed by atoms with Crippen molar-refractivity contribution < 1.29 is 14.2 Å². The fourth-order valence-electron chi connectivity index (χ4n) is 4.14. The maximum Gasteiger partial charge on any atom is 0.163 e. The highest BCUT2D eigenvalue weighted by Crippen LogP contribution is 2.40. The highest BCUT2D eigenvalue weighted by atomic mass is 35.5. The number of nitrogens with zero attached hydrogens (tertiary/aromatic N) is 4. The van der Waals surface area contributed by atoms with Crippen LogP contribution in [0.3, 0.4) is 0 Å². The molecule has 3 aromatic rings. The number of piperazine rings is 1. The van der Waals surface area contributed by atoms with Crippen molar-refractivity contribution >= 4 is 45.5 Å². The summed E-state index contributed by atoms with van der Waals surface area (Å²) >= 11 is 12.7. The number of fused-ring (bicyclic) bond motifs is 1. The van der Waals surface area contributed by atoms with Gasteiger partial charge in [-0.2, -0.15) is 5.26 Å². The number of anilines is 2. The number of benzene rings is 2. The molecule has 1 N–H and O–H groups in total. The van der Waals surface area contributed by atoms with Crippen LogP contribution in [-0.4, -0.2) is 75.4 Å². The number of rotatable bonds is 9. The van der Waals surface area contributed by atoms with Gasteiger partial charge >= 0.3 is 0 Å². The Kier molecular flexibility index (Phi) is 8.60. The molecule has 2 aromatic carbocycles. The van der Waals surface area contributed by atoms with Gasteiger partial charge in [-0.25, -0.2) is 0 Å². The van der Waals surface area contributed by atoms with E-state index in [0.29, 0.717) is 61.7 Å². The van der Waals surface area contributed by atoms with E-state index in [0.717, 1.165) is 39.1 Å². The van der Waals surface area contributed by atoms with Crippen LogP contribution in [0, 0.1) is 11.3 Å². The summed E-state index contributed by atoms with van der Waals surface area (Å²) in [5.41, 5.74) is 2.04. The lowest BCUT2D eigenvalue weighted by Gasteiger charge is -2.32. The van der Waals surface area contributed by atoms with E-state index in [-0.39, 0.29) is 0 Å². The third-order valence-electron chi connectivity index (χ3n) is 6.24. The van der Waals surface area contributed by atoms with Gasteiger partial charge in [0.2, 0.25) is 0 Å². The zero-order valence-corrected chi connectivity index (χ0v) is 22.1. The third kappa shape index (κ3) is 5.88. The van der Waals surface area contributed by atoms with Crippen LogP contribution < -0.4 is 19.5 Å². The number of hydrogen-bond donors (Lipinski definition) is 1. The molecule has 1 aliphatic heterocycles. The van der Waals surface area contributed by atoms with Crippen molar-refractivity contribution in [3.05, 3.63) is 46.1 Å². The molecule has 1 fully saturated rings. The molecule has 36 heavy (non-hydrogen) atoms. The Morgan fingerprint density at radius 1 is 1.06 bits per heavy atom. The van der Waals surface area contributed by atoms with E-state index in [2.05, 4.69) is 33.2 Å². The highest BCUT2D eigenvalue weighted by molar-refractivity contribution is 6.44. The Morgan fingerprint density at radius 3 is 2.53 bits per heavy atom. The first-order valence-electron chi connectivity index (χ1n) is 11.7. The Labute approximate surface area is 221 Å². The topological polar surface area (TPSA) is 82.9 Å². The Hall–Kier alpha value is -2.96. The van der Waals surface area contributed by atoms with Gasteiger partial charge in [-0.15, -0.1) is 0 Å². The van der Waals surface area contributed by atoms with Gasteiger partial charge in [-0.1, -0.05) is 23.2 Å². The number of pyridine rings is 1. The van der Waals surface area contributed by atoms with Gasteiger partial charge in [-0.05, 0) is 19.5 Å². The van der Waals surface area contributed by atoms with Crippen LogP contribution in [0.4, 0.5) is 11.4 Å². The Morgan fingerprint density at radius 2 is 1.83 bits per heavy atom. The number of aromatic nitrogens is 1. The molecule has 0 spiro atoms. The van der Waals surface area contributed by atoms with Crippen LogP contribution in [0.2, 0.25) is 10.0 Å². The predicted octanol–water partition coefficient (Wildman–Crippen LogP) is 5.19. The van der Waals surface area contributed by atoms with Gasteiger partial charge in [0.1, 0.15) is 11.8 Å². The summed E-state index contributed by atoms with van der Waals surface area (Å²) in [6, 6.07) is 9.18. The van der Waals surface area contributed by atoms with E-state index in [1.54, 1.807) is 26.4 Å². The van der Waals surface area contributed by atoms with Gasteiger partial charge in [0, 0.05) is 62.5 Å². The zero-order valence-electron chi connectivity index (χ0n) is 20.6. The zero-order chi connectivity index (χ0) is 25.7. The van der Waals surface area contributed by atoms with Gasteiger partial charge in [0.05, 0.1) is 53.3 Å². The summed E-state index contributed by atoms with van der Waals surface area (Å²) in [7, 11) is 5.29. The molecule has 1 saturated heterocycles. The van der Waals surface area contributed by atoms with E-state index in [1.807, 2.05) is 12.1 Å². The lowest BCUT2D eigenvalue weighted by Crippen LogP contribution is -2.44. The van der Waals surface area contributed by atoms with Crippen molar-refractivity contribution in [2.24, 2.45) is 0 Å². The SMILES string of the molecule is COc1cc(Cl)c(Cl)c(Nc2c(C#N)cnc3cc(OCCCN4CCN(C)CC4)c(OC)cc23)c1. The molecule has 0 atom stereocenters. The molecule has 0 radical (unpaired) electrons. The first kappa shape index (κ1) is 26.1. The van der Waals surface area contributed by atoms with Crippen molar-refractivity contribution in [2.45, 2.75) is 6.42 Å². The second kappa shape index (κ2) is 11.8. The minimum absolute atomic E-state index is 0.318. The molecule has 0 aliphatic carbocycles. The number of ether oxygens (including phenoxy) is 3. The second-order valence-corrected chi connectivity index (χ2v) is 9.41. The average Bonchev–Trinajstić information content (AvgIpc) is 2.89. The first-order valence-corrected chi connectivity index (χ1v) is 12.4. The molecular formula is C26H29Cl2N5O3. The number of likely N-dealkylation sites (N-methyl/N-ethyl adjacent to an activating group) is 1. The fourth-order valence-corrected chi connectivity index (χ4v) is 4.51. The van der Waals surface area contributed by atoms with Gasteiger partial charge in [-0.3, -0.25) is 4.98 Å². The number of halogens is 2. The smallest absolute Gasteiger partial charge is 0.163 e.